The average Bonchev–Trinajstić information content (AvgIpc) is 3.03. The van der Waals surface area contributed by atoms with Gasteiger partial charge in [-0.15, -0.1) is 0 Å². The minimum Gasteiger partial charge on any atom is -0.368 e. The number of fused-ring (bicyclic) bond motifs is 1. The van der Waals surface area contributed by atoms with E-state index in [0.717, 1.165) is 22.5 Å². The Hall–Kier alpha value is -2.24. The molecule has 1 aromatic carbocycles. The third-order valence-electron chi connectivity index (χ3n) is 4.66. The van der Waals surface area contributed by atoms with Gasteiger partial charge in [-0.3, -0.25) is 14.3 Å². The maximum absolute atomic E-state index is 13.5. The molecule has 8 heteroatoms. The normalized spacial score (nSPS) is 16.3. The van der Waals surface area contributed by atoms with E-state index in [1.165, 1.54) is 0 Å². The predicted octanol–water partition coefficient (Wildman–Crippen LogP) is 3.77. The van der Waals surface area contributed by atoms with Crippen LogP contribution in [0.1, 0.15) is 36.3 Å². The summed E-state index contributed by atoms with van der Waals surface area (Å²) in [7, 11) is -2.94. The molecule has 2 unspecified atom stereocenters. The van der Waals surface area contributed by atoms with Crippen LogP contribution in [0.4, 0.5) is 11.5 Å². The van der Waals surface area contributed by atoms with Crippen LogP contribution >= 0.6 is 7.37 Å². The molecular weight excluding hydrogens is 363 g/mol. The number of nitrogens with zero attached hydrogens (tertiary/aromatic N) is 2. The van der Waals surface area contributed by atoms with Crippen molar-refractivity contribution in [3.05, 3.63) is 47.4 Å². The molecule has 2 N–H and O–H groups in total. The quantitative estimate of drug-likeness (QED) is 0.669. The maximum Gasteiger partial charge on any atom is 0.228 e. The highest BCUT2D eigenvalue weighted by molar-refractivity contribution is 7.59. The van der Waals surface area contributed by atoms with Crippen molar-refractivity contribution in [1.29, 1.82) is 0 Å². The van der Waals surface area contributed by atoms with E-state index in [2.05, 4.69) is 20.6 Å². The maximum atomic E-state index is 13.5. The summed E-state index contributed by atoms with van der Waals surface area (Å²) in [5.41, 5.74) is 3.14. The summed E-state index contributed by atoms with van der Waals surface area (Å²) in [6.07, 6.45) is 4.13. The minimum atomic E-state index is -2.94. The first-order valence-electron chi connectivity index (χ1n) is 9.13. The molecule has 27 heavy (non-hydrogen) atoms. The lowest BCUT2D eigenvalue weighted by Crippen LogP contribution is -2.17. The molecule has 7 nitrogen and oxygen atoms in total. The van der Waals surface area contributed by atoms with E-state index in [1.54, 1.807) is 12.4 Å². The molecule has 2 heterocycles. The van der Waals surface area contributed by atoms with E-state index >= 15 is 0 Å². The summed E-state index contributed by atoms with van der Waals surface area (Å²) in [6, 6.07) is 5.75. The molecule has 0 saturated carbocycles. The highest BCUT2D eigenvalue weighted by Gasteiger charge is 2.34. The van der Waals surface area contributed by atoms with Gasteiger partial charge in [-0.05, 0) is 31.0 Å². The number of aromatic nitrogens is 2. The molecule has 1 amide bonds. The van der Waals surface area contributed by atoms with Crippen molar-refractivity contribution in [2.75, 3.05) is 29.9 Å². The van der Waals surface area contributed by atoms with Gasteiger partial charge < -0.3 is 15.2 Å². The molecule has 1 aromatic heterocycles. The Labute approximate surface area is 159 Å². The van der Waals surface area contributed by atoms with Gasteiger partial charge in [-0.1, -0.05) is 19.1 Å². The molecule has 0 bridgehead atoms. The van der Waals surface area contributed by atoms with Crippen LogP contribution in [0.15, 0.2) is 30.6 Å². The largest absolute Gasteiger partial charge is 0.368 e. The lowest BCUT2D eigenvalue weighted by molar-refractivity contribution is -0.115. The van der Waals surface area contributed by atoms with Crippen molar-refractivity contribution < 1.29 is 13.9 Å². The first-order valence-corrected chi connectivity index (χ1v) is 11.0. The Bertz CT molecular complexity index is 870. The zero-order valence-electron chi connectivity index (χ0n) is 15.9. The second kappa shape index (κ2) is 8.19. The highest BCUT2D eigenvalue weighted by atomic mass is 31.2. The van der Waals surface area contributed by atoms with E-state index in [1.807, 2.05) is 39.0 Å². The van der Waals surface area contributed by atoms with Crippen LogP contribution in [-0.4, -0.2) is 35.2 Å². The zero-order chi connectivity index (χ0) is 19.4. The van der Waals surface area contributed by atoms with Gasteiger partial charge in [0, 0.05) is 18.4 Å². The molecule has 0 spiro atoms. The number of hydrogen-bond donors (Lipinski definition) is 2. The molecule has 144 valence electrons. The van der Waals surface area contributed by atoms with Crippen LogP contribution in [0, 0.1) is 6.92 Å². The smallest absolute Gasteiger partial charge is 0.228 e. The SMILES string of the molecule is CCOP(=O)(CC)C(CNc1cnc(C)cn1)c1ccc2c(c1)CC(=O)N2. The van der Waals surface area contributed by atoms with Crippen LogP contribution in [-0.2, 0) is 20.3 Å². The lowest BCUT2D eigenvalue weighted by Gasteiger charge is -2.27. The van der Waals surface area contributed by atoms with Gasteiger partial charge >= 0.3 is 0 Å². The van der Waals surface area contributed by atoms with Crippen LogP contribution in [0.3, 0.4) is 0 Å². The minimum absolute atomic E-state index is 0.0183. The van der Waals surface area contributed by atoms with Crippen molar-refractivity contribution >= 4 is 24.8 Å². The van der Waals surface area contributed by atoms with Gasteiger partial charge in [0.2, 0.25) is 13.3 Å². The lowest BCUT2D eigenvalue weighted by atomic mass is 10.1. The Kier molecular flexibility index (Phi) is 5.92. The first-order chi connectivity index (χ1) is 12.9. The fourth-order valence-electron chi connectivity index (χ4n) is 3.25. The average molecular weight is 388 g/mol. The Balaban J connectivity index is 1.90. The van der Waals surface area contributed by atoms with E-state index in [4.69, 9.17) is 4.52 Å². The number of rotatable bonds is 8. The van der Waals surface area contributed by atoms with Gasteiger partial charge in [0.15, 0.2) is 0 Å². The second-order valence-corrected chi connectivity index (χ2v) is 9.51. The third-order valence-corrected chi connectivity index (χ3v) is 7.67. The summed E-state index contributed by atoms with van der Waals surface area (Å²) < 4.78 is 19.3. The number of carbonyl (C=O) groups is 1. The first kappa shape index (κ1) is 19.5. The summed E-state index contributed by atoms with van der Waals surface area (Å²) >= 11 is 0. The van der Waals surface area contributed by atoms with Crippen molar-refractivity contribution in [1.82, 2.24) is 9.97 Å². The molecule has 3 rings (SSSR count). The number of amides is 1. The molecule has 1 aliphatic rings. The summed E-state index contributed by atoms with van der Waals surface area (Å²) in [4.78, 5) is 20.2. The van der Waals surface area contributed by atoms with Crippen LogP contribution in [0.2, 0.25) is 0 Å². The molecule has 2 atom stereocenters. The van der Waals surface area contributed by atoms with Gasteiger partial charge in [-0.2, -0.15) is 0 Å². The molecule has 2 aromatic rings. The van der Waals surface area contributed by atoms with Crippen molar-refractivity contribution in [2.45, 2.75) is 32.9 Å². The number of nitrogens with one attached hydrogen (secondary N) is 2. The fraction of sp³-hybridized carbons (Fsp3) is 0.421. The Morgan fingerprint density at radius 1 is 1.30 bits per heavy atom. The van der Waals surface area contributed by atoms with Gasteiger partial charge in [0.1, 0.15) is 5.82 Å². The van der Waals surface area contributed by atoms with Gasteiger partial charge in [0.25, 0.3) is 0 Å². The van der Waals surface area contributed by atoms with Crippen LogP contribution < -0.4 is 10.6 Å². The topological polar surface area (TPSA) is 93.2 Å². The molecule has 0 fully saturated rings. The molecule has 1 aliphatic heterocycles. The van der Waals surface area contributed by atoms with E-state index in [-0.39, 0.29) is 11.6 Å². The van der Waals surface area contributed by atoms with Crippen molar-refractivity contribution in [2.24, 2.45) is 0 Å². The number of aryl methyl sites for hydroxylation is 1. The van der Waals surface area contributed by atoms with Gasteiger partial charge in [0.05, 0.1) is 36.8 Å². The van der Waals surface area contributed by atoms with Gasteiger partial charge in [-0.25, -0.2) is 4.98 Å². The molecule has 0 saturated heterocycles. The highest BCUT2D eigenvalue weighted by Crippen LogP contribution is 2.60. The summed E-state index contributed by atoms with van der Waals surface area (Å²) in [6.45, 7) is 6.40. The van der Waals surface area contributed by atoms with Crippen LogP contribution in [0.25, 0.3) is 0 Å². The van der Waals surface area contributed by atoms with Crippen molar-refractivity contribution in [3.8, 4) is 0 Å². The number of benzene rings is 1. The summed E-state index contributed by atoms with van der Waals surface area (Å²) in [5.74, 6) is 0.609. The number of carbonyl (C=O) groups excluding carboxylic acids is 1. The van der Waals surface area contributed by atoms with E-state index < -0.39 is 7.37 Å². The monoisotopic (exact) mass is 388 g/mol. The van der Waals surface area contributed by atoms with E-state index in [0.29, 0.717) is 31.6 Å². The third kappa shape index (κ3) is 4.37. The standard InChI is InChI=1S/C19H25N4O3P/c1-4-26-27(25,5-2)17(11-22-18-12-20-13(3)10-21-18)14-6-7-16-15(8-14)9-19(24)23-16/h6-8,10,12,17H,4-5,9,11H2,1-3H3,(H,21,22)(H,23,24). The molecule has 0 aliphatic carbocycles. The van der Waals surface area contributed by atoms with E-state index in [9.17, 15) is 9.36 Å². The van der Waals surface area contributed by atoms with Crippen LogP contribution in [0.5, 0.6) is 0 Å². The second-order valence-electron chi connectivity index (χ2n) is 6.54. The Morgan fingerprint density at radius 2 is 2.11 bits per heavy atom. The zero-order valence-corrected chi connectivity index (χ0v) is 16.8. The predicted molar refractivity (Wildman–Crippen MR) is 107 cm³/mol. The van der Waals surface area contributed by atoms with Crippen molar-refractivity contribution in [3.63, 3.8) is 0 Å². The number of hydrogen-bond acceptors (Lipinski definition) is 6. The molecule has 0 radical (unpaired) electrons. The fourth-order valence-corrected chi connectivity index (χ4v) is 5.47. The Morgan fingerprint density at radius 3 is 2.78 bits per heavy atom. The number of anilines is 2. The summed E-state index contributed by atoms with van der Waals surface area (Å²) in [5, 5.41) is 6.07. The molecular formula is C19H25N4O3P.